The first-order valence-corrected chi connectivity index (χ1v) is 9.52. The van der Waals surface area contributed by atoms with E-state index in [1.54, 1.807) is 31.4 Å². The molecule has 7 nitrogen and oxygen atoms in total. The van der Waals surface area contributed by atoms with Crippen LogP contribution in [0.2, 0.25) is 5.02 Å². The number of rotatable bonds is 7. The Balaban J connectivity index is 1.80. The fourth-order valence-electron chi connectivity index (χ4n) is 3.38. The second-order valence-corrected chi connectivity index (χ2v) is 7.13. The average Bonchev–Trinajstić information content (AvgIpc) is 3.19. The van der Waals surface area contributed by atoms with Crippen LogP contribution in [-0.2, 0) is 6.54 Å². The molecular formula is C20H22ClN3O4. The van der Waals surface area contributed by atoms with Crippen molar-refractivity contribution in [3.63, 3.8) is 0 Å². The molecule has 1 aliphatic rings. The molecule has 28 heavy (non-hydrogen) atoms. The average molecular weight is 404 g/mol. The summed E-state index contributed by atoms with van der Waals surface area (Å²) in [6, 6.07) is 9.87. The quantitative estimate of drug-likeness (QED) is 0.522. The van der Waals surface area contributed by atoms with Gasteiger partial charge in [0, 0.05) is 23.7 Å². The van der Waals surface area contributed by atoms with Crippen LogP contribution in [0.5, 0.6) is 5.75 Å². The van der Waals surface area contributed by atoms with Crippen LogP contribution in [0.1, 0.15) is 41.6 Å². The number of carbonyl (C=O) groups excluding carboxylic acids is 1. The van der Waals surface area contributed by atoms with Gasteiger partial charge >= 0.3 is 0 Å². The van der Waals surface area contributed by atoms with E-state index in [0.717, 1.165) is 31.2 Å². The highest BCUT2D eigenvalue weighted by molar-refractivity contribution is 6.31. The third-order valence-corrected chi connectivity index (χ3v) is 5.24. The Hall–Kier alpha value is -2.80. The maximum absolute atomic E-state index is 12.8. The predicted octanol–water partition coefficient (Wildman–Crippen LogP) is 4.54. The minimum atomic E-state index is -0.464. The number of ether oxygens (including phenoxy) is 1. The van der Waals surface area contributed by atoms with Crippen molar-refractivity contribution in [1.82, 2.24) is 5.32 Å². The fraction of sp³-hybridized carbons (Fsp3) is 0.350. The molecule has 2 aromatic rings. The maximum Gasteiger partial charge on any atom is 0.293 e. The summed E-state index contributed by atoms with van der Waals surface area (Å²) in [6.07, 6.45) is 4.04. The summed E-state index contributed by atoms with van der Waals surface area (Å²) in [5.41, 5.74) is 1.16. The van der Waals surface area contributed by atoms with E-state index in [1.165, 1.54) is 12.1 Å². The van der Waals surface area contributed by atoms with E-state index in [1.807, 2.05) is 0 Å². The molecule has 0 saturated heterocycles. The molecule has 0 unspecified atom stereocenters. The lowest BCUT2D eigenvalue weighted by molar-refractivity contribution is -0.384. The molecule has 1 fully saturated rings. The second kappa shape index (κ2) is 8.93. The number of carbonyl (C=O) groups is 1. The van der Waals surface area contributed by atoms with Gasteiger partial charge in [-0.05, 0) is 36.6 Å². The van der Waals surface area contributed by atoms with Gasteiger partial charge in [-0.2, -0.15) is 0 Å². The summed E-state index contributed by atoms with van der Waals surface area (Å²) in [6.45, 7) is 0.202. The number of nitrogens with zero attached hydrogens (tertiary/aromatic N) is 1. The lowest BCUT2D eigenvalue weighted by Crippen LogP contribution is -2.26. The molecule has 148 valence electrons. The van der Waals surface area contributed by atoms with Crippen LogP contribution in [0.3, 0.4) is 0 Å². The van der Waals surface area contributed by atoms with Gasteiger partial charge in [-0.15, -0.1) is 0 Å². The highest BCUT2D eigenvalue weighted by Crippen LogP contribution is 2.32. The Morgan fingerprint density at radius 1 is 1.29 bits per heavy atom. The Bertz CT molecular complexity index is 882. The van der Waals surface area contributed by atoms with E-state index in [9.17, 15) is 14.9 Å². The number of nitro groups is 1. The van der Waals surface area contributed by atoms with Gasteiger partial charge < -0.3 is 15.4 Å². The molecule has 0 spiro atoms. The lowest BCUT2D eigenvalue weighted by Gasteiger charge is -2.17. The van der Waals surface area contributed by atoms with Gasteiger partial charge in [0.15, 0.2) is 0 Å². The molecule has 2 N–H and O–H groups in total. The summed E-state index contributed by atoms with van der Waals surface area (Å²) in [5, 5.41) is 18.0. The predicted molar refractivity (Wildman–Crippen MR) is 108 cm³/mol. The van der Waals surface area contributed by atoms with Gasteiger partial charge in [0.25, 0.3) is 11.6 Å². The maximum atomic E-state index is 12.8. The molecule has 2 aromatic carbocycles. The van der Waals surface area contributed by atoms with E-state index in [2.05, 4.69) is 10.6 Å². The van der Waals surface area contributed by atoms with Crippen LogP contribution in [0.25, 0.3) is 0 Å². The number of anilines is 1. The molecule has 1 amide bonds. The summed E-state index contributed by atoms with van der Waals surface area (Å²) in [7, 11) is 1.55. The third kappa shape index (κ3) is 4.54. The molecule has 0 atom stereocenters. The van der Waals surface area contributed by atoms with Gasteiger partial charge in [-0.1, -0.05) is 36.6 Å². The highest BCUT2D eigenvalue weighted by Gasteiger charge is 2.25. The zero-order valence-electron chi connectivity index (χ0n) is 15.5. The standard InChI is InChI=1S/C20H22ClN3O4/c1-28-15-10-9-13(17(21)11-15)12-22-20(25)16-7-4-8-18(24(26)27)19(16)23-14-5-2-3-6-14/h4,7-11,14,23H,2-3,5-6,12H2,1H3,(H,22,25). The van der Waals surface area contributed by atoms with Crippen molar-refractivity contribution in [2.24, 2.45) is 0 Å². The summed E-state index contributed by atoms with van der Waals surface area (Å²) >= 11 is 6.22. The Labute approximate surface area is 168 Å². The van der Waals surface area contributed by atoms with Crippen LogP contribution >= 0.6 is 11.6 Å². The molecule has 1 saturated carbocycles. The highest BCUT2D eigenvalue weighted by atomic mass is 35.5. The largest absolute Gasteiger partial charge is 0.497 e. The number of methoxy groups -OCH3 is 1. The van der Waals surface area contributed by atoms with Crippen LogP contribution < -0.4 is 15.4 Å². The lowest BCUT2D eigenvalue weighted by atomic mass is 10.1. The molecule has 0 radical (unpaired) electrons. The monoisotopic (exact) mass is 403 g/mol. The molecule has 0 heterocycles. The molecule has 8 heteroatoms. The number of nitro benzene ring substituents is 1. The van der Waals surface area contributed by atoms with Gasteiger partial charge in [-0.3, -0.25) is 14.9 Å². The fourth-order valence-corrected chi connectivity index (χ4v) is 3.61. The van der Waals surface area contributed by atoms with Gasteiger partial charge in [-0.25, -0.2) is 0 Å². The first-order valence-electron chi connectivity index (χ1n) is 9.14. The van der Waals surface area contributed by atoms with Gasteiger partial charge in [0.05, 0.1) is 17.6 Å². The third-order valence-electron chi connectivity index (χ3n) is 4.89. The minimum absolute atomic E-state index is 0.0953. The number of amides is 1. The van der Waals surface area contributed by atoms with Crippen LogP contribution in [0.4, 0.5) is 11.4 Å². The number of nitrogens with one attached hydrogen (secondary N) is 2. The summed E-state index contributed by atoms with van der Waals surface area (Å²) in [4.78, 5) is 23.8. The van der Waals surface area contributed by atoms with E-state index in [0.29, 0.717) is 10.8 Å². The van der Waals surface area contributed by atoms with E-state index in [-0.39, 0.29) is 29.5 Å². The molecular weight excluding hydrogens is 382 g/mol. The topological polar surface area (TPSA) is 93.5 Å². The van der Waals surface area contributed by atoms with Crippen molar-refractivity contribution in [2.75, 3.05) is 12.4 Å². The number of para-hydroxylation sites is 1. The van der Waals surface area contributed by atoms with Crippen LogP contribution in [0.15, 0.2) is 36.4 Å². The van der Waals surface area contributed by atoms with Crippen molar-refractivity contribution in [1.29, 1.82) is 0 Å². The number of benzene rings is 2. The van der Waals surface area contributed by atoms with Gasteiger partial charge in [0.2, 0.25) is 0 Å². The van der Waals surface area contributed by atoms with Crippen molar-refractivity contribution < 1.29 is 14.5 Å². The van der Waals surface area contributed by atoms with Crippen LogP contribution in [-0.4, -0.2) is 24.0 Å². The van der Waals surface area contributed by atoms with Crippen molar-refractivity contribution >= 4 is 28.9 Å². The molecule has 0 aromatic heterocycles. The summed E-state index contributed by atoms with van der Waals surface area (Å²) in [5.74, 6) is 0.234. The number of halogens is 1. The second-order valence-electron chi connectivity index (χ2n) is 6.72. The molecule has 3 rings (SSSR count). The molecule has 0 bridgehead atoms. The van der Waals surface area contributed by atoms with E-state index in [4.69, 9.17) is 16.3 Å². The van der Waals surface area contributed by atoms with E-state index >= 15 is 0 Å². The Morgan fingerprint density at radius 3 is 2.68 bits per heavy atom. The molecule has 1 aliphatic carbocycles. The number of hydrogen-bond acceptors (Lipinski definition) is 5. The smallest absolute Gasteiger partial charge is 0.293 e. The number of hydrogen-bond donors (Lipinski definition) is 2. The zero-order chi connectivity index (χ0) is 20.1. The first-order chi connectivity index (χ1) is 13.5. The van der Waals surface area contributed by atoms with Crippen molar-refractivity contribution in [3.8, 4) is 5.75 Å². The van der Waals surface area contributed by atoms with E-state index < -0.39 is 10.8 Å². The first kappa shape index (κ1) is 19.9. The zero-order valence-corrected chi connectivity index (χ0v) is 16.3. The molecule has 0 aliphatic heterocycles. The van der Waals surface area contributed by atoms with Gasteiger partial charge in [0.1, 0.15) is 11.4 Å². The Kier molecular flexibility index (Phi) is 6.36. The van der Waals surface area contributed by atoms with Crippen molar-refractivity contribution in [3.05, 3.63) is 62.7 Å². The Morgan fingerprint density at radius 2 is 2.04 bits per heavy atom. The normalized spacial score (nSPS) is 13.9. The van der Waals surface area contributed by atoms with Crippen LogP contribution in [0, 0.1) is 10.1 Å². The minimum Gasteiger partial charge on any atom is -0.497 e. The van der Waals surface area contributed by atoms with Crippen molar-refractivity contribution in [2.45, 2.75) is 38.3 Å². The SMILES string of the molecule is COc1ccc(CNC(=O)c2cccc([N+](=O)[O-])c2NC2CCCC2)c(Cl)c1. The summed E-state index contributed by atoms with van der Waals surface area (Å²) < 4.78 is 5.12.